The van der Waals surface area contributed by atoms with Crippen LogP contribution in [0.3, 0.4) is 0 Å². The second kappa shape index (κ2) is 9.78. The predicted octanol–water partition coefficient (Wildman–Crippen LogP) is 2.74. The average Bonchev–Trinajstić information content (AvgIpc) is 3.33. The maximum Gasteiger partial charge on any atom is 0.251 e. The molecule has 1 aromatic carbocycles. The van der Waals surface area contributed by atoms with Crippen LogP contribution < -0.4 is 20.4 Å². The lowest BCUT2D eigenvalue weighted by Gasteiger charge is -2.33. The monoisotopic (exact) mass is 448 g/mol. The molecule has 2 amide bonds. The zero-order valence-electron chi connectivity index (χ0n) is 18.8. The van der Waals surface area contributed by atoms with E-state index < -0.39 is 0 Å². The van der Waals surface area contributed by atoms with Crippen LogP contribution in [0.4, 0.5) is 23.1 Å². The van der Waals surface area contributed by atoms with Crippen LogP contribution in [0.5, 0.6) is 0 Å². The summed E-state index contributed by atoms with van der Waals surface area (Å²) >= 11 is 0. The van der Waals surface area contributed by atoms with E-state index in [2.05, 4.69) is 37.1 Å². The number of hydrogen-bond donors (Lipinski definition) is 3. The molecular weight excluding hydrogens is 420 g/mol. The van der Waals surface area contributed by atoms with E-state index >= 15 is 0 Å². The van der Waals surface area contributed by atoms with Crippen molar-refractivity contribution in [3.05, 3.63) is 43.2 Å². The molecule has 33 heavy (non-hydrogen) atoms. The van der Waals surface area contributed by atoms with Crippen LogP contribution in [0.15, 0.2) is 43.2 Å². The number of nitrogens with zero attached hydrogens (tertiary/aromatic N) is 5. The molecule has 1 aliphatic rings. The lowest BCUT2D eigenvalue weighted by Crippen LogP contribution is -2.49. The van der Waals surface area contributed by atoms with Gasteiger partial charge in [-0.3, -0.25) is 14.5 Å². The van der Waals surface area contributed by atoms with Crippen LogP contribution in [0.1, 0.15) is 26.2 Å². The number of carbonyl (C=O) groups is 2. The molecule has 3 N–H and O–H groups in total. The summed E-state index contributed by atoms with van der Waals surface area (Å²) < 4.78 is 0. The van der Waals surface area contributed by atoms with Gasteiger partial charge >= 0.3 is 0 Å². The van der Waals surface area contributed by atoms with Gasteiger partial charge in [-0.15, -0.1) is 0 Å². The highest BCUT2D eigenvalue weighted by Gasteiger charge is 2.29. The van der Waals surface area contributed by atoms with Gasteiger partial charge in [-0.2, -0.15) is 9.97 Å². The fourth-order valence-electron chi connectivity index (χ4n) is 3.93. The highest BCUT2D eigenvalue weighted by atomic mass is 16.2. The molecule has 0 radical (unpaired) electrons. The number of rotatable bonds is 7. The Morgan fingerprint density at radius 3 is 2.73 bits per heavy atom. The third kappa shape index (κ3) is 4.70. The van der Waals surface area contributed by atoms with Gasteiger partial charge in [0, 0.05) is 31.4 Å². The summed E-state index contributed by atoms with van der Waals surface area (Å²) in [5.41, 5.74) is 2.60. The number of nitrogens with one attached hydrogen (secondary N) is 3. The molecule has 0 aliphatic carbocycles. The minimum atomic E-state index is -0.231. The second-order valence-corrected chi connectivity index (χ2v) is 7.86. The van der Waals surface area contributed by atoms with Gasteiger partial charge in [0.1, 0.15) is 0 Å². The number of piperidine rings is 1. The van der Waals surface area contributed by atoms with Crippen molar-refractivity contribution in [3.8, 4) is 0 Å². The summed E-state index contributed by atoms with van der Waals surface area (Å²) in [5, 5.41) is 6.54. The van der Waals surface area contributed by atoms with Crippen molar-refractivity contribution in [1.29, 1.82) is 0 Å². The molecule has 0 spiro atoms. The summed E-state index contributed by atoms with van der Waals surface area (Å²) in [6.07, 6.45) is 5.10. The summed E-state index contributed by atoms with van der Waals surface area (Å²) in [7, 11) is 1.75. The number of fused-ring (bicyclic) bond motifs is 1. The average molecular weight is 449 g/mol. The normalized spacial score (nSPS) is 15.8. The van der Waals surface area contributed by atoms with Gasteiger partial charge in [0.2, 0.25) is 11.9 Å². The Bertz CT molecular complexity index is 1150. The van der Waals surface area contributed by atoms with E-state index in [-0.39, 0.29) is 17.9 Å². The lowest BCUT2D eigenvalue weighted by molar-refractivity contribution is -0.118. The maximum absolute atomic E-state index is 12.9. The summed E-state index contributed by atoms with van der Waals surface area (Å²) in [6.45, 7) is 7.10. The van der Waals surface area contributed by atoms with Crippen molar-refractivity contribution in [1.82, 2.24) is 25.3 Å². The molecule has 1 fully saturated rings. The third-order valence-electron chi connectivity index (χ3n) is 5.72. The van der Waals surface area contributed by atoms with Gasteiger partial charge in [-0.1, -0.05) is 13.5 Å². The summed E-state index contributed by atoms with van der Waals surface area (Å²) in [4.78, 5) is 44.6. The molecule has 4 rings (SSSR count). The Balaban J connectivity index is 1.66. The summed E-state index contributed by atoms with van der Waals surface area (Å²) in [6, 6.07) is 7.36. The highest BCUT2D eigenvalue weighted by molar-refractivity contribution is 6.05. The molecule has 1 saturated heterocycles. The lowest BCUT2D eigenvalue weighted by atomic mass is 10.1. The van der Waals surface area contributed by atoms with E-state index in [0.717, 1.165) is 30.8 Å². The number of aromatic amines is 1. The van der Waals surface area contributed by atoms with Crippen LogP contribution in [0.25, 0.3) is 11.2 Å². The number of carbonyl (C=O) groups excluding carboxylic acids is 2. The number of imidazole rings is 1. The van der Waals surface area contributed by atoms with Crippen molar-refractivity contribution in [3.63, 3.8) is 0 Å². The first kappa shape index (κ1) is 22.4. The molecule has 10 heteroatoms. The van der Waals surface area contributed by atoms with Crippen LogP contribution in [-0.2, 0) is 9.59 Å². The number of hydrogen-bond acceptors (Lipinski definition) is 7. The molecule has 0 saturated carbocycles. The second-order valence-electron chi connectivity index (χ2n) is 7.86. The zero-order valence-corrected chi connectivity index (χ0v) is 18.8. The van der Waals surface area contributed by atoms with Crippen molar-refractivity contribution >= 4 is 46.1 Å². The quantitative estimate of drug-likeness (QED) is 0.476. The molecule has 1 unspecified atom stereocenters. The zero-order chi connectivity index (χ0) is 23.4. The molecule has 1 aliphatic heterocycles. The van der Waals surface area contributed by atoms with Crippen molar-refractivity contribution in [2.45, 2.75) is 32.2 Å². The van der Waals surface area contributed by atoms with Gasteiger partial charge in [0.05, 0.1) is 12.4 Å². The number of anilines is 4. The van der Waals surface area contributed by atoms with Gasteiger partial charge in [0.15, 0.2) is 17.0 Å². The Morgan fingerprint density at radius 1 is 1.27 bits per heavy atom. The predicted molar refractivity (Wildman–Crippen MR) is 129 cm³/mol. The molecule has 172 valence electrons. The van der Waals surface area contributed by atoms with E-state index in [4.69, 9.17) is 0 Å². The minimum Gasteiger partial charge on any atom is -0.329 e. The number of benzene rings is 1. The number of H-pyrrole nitrogens is 1. The standard InChI is InChI=1S/C23H28N8O2/c1-4-18(32)30(3)16-10-8-15(9-11-16)27-23-28-21-20(25-14-26-21)22(29-23)31(19(33)5-2)17-7-6-12-24-13-17/h5,8-11,14,17,24H,2,4,6-7,12-13H2,1,3H3,(H2,25,26,27,28,29). The fraction of sp³-hybridized carbons (Fsp3) is 0.348. The molecule has 3 heterocycles. The topological polar surface area (TPSA) is 119 Å². The molecular formula is C23H28N8O2. The minimum absolute atomic E-state index is 0.0394. The number of amides is 2. The maximum atomic E-state index is 12.9. The SMILES string of the molecule is C=CC(=O)N(c1nc(Nc2ccc(N(C)C(=O)CC)cc2)nc2[nH]cnc12)C1CCCNC1. The smallest absolute Gasteiger partial charge is 0.251 e. The summed E-state index contributed by atoms with van der Waals surface area (Å²) in [5.74, 6) is 0.577. The van der Waals surface area contributed by atoms with Crippen LogP contribution in [0.2, 0.25) is 0 Å². The van der Waals surface area contributed by atoms with Gasteiger partial charge in [-0.05, 0) is 49.7 Å². The highest BCUT2D eigenvalue weighted by Crippen LogP contribution is 2.28. The van der Waals surface area contributed by atoms with Gasteiger partial charge < -0.3 is 20.5 Å². The largest absolute Gasteiger partial charge is 0.329 e. The number of aromatic nitrogens is 4. The van der Waals surface area contributed by atoms with Crippen molar-refractivity contribution < 1.29 is 9.59 Å². The third-order valence-corrected chi connectivity index (χ3v) is 5.72. The van der Waals surface area contributed by atoms with E-state index in [1.54, 1.807) is 16.8 Å². The van der Waals surface area contributed by atoms with Gasteiger partial charge in [0.25, 0.3) is 5.91 Å². The van der Waals surface area contributed by atoms with E-state index in [9.17, 15) is 9.59 Å². The Kier molecular flexibility index (Phi) is 6.64. The molecule has 1 atom stereocenters. The van der Waals surface area contributed by atoms with E-state index in [0.29, 0.717) is 35.9 Å². The van der Waals surface area contributed by atoms with Crippen molar-refractivity contribution in [2.75, 3.05) is 35.3 Å². The first-order chi connectivity index (χ1) is 16.0. The fourth-order valence-corrected chi connectivity index (χ4v) is 3.93. The Morgan fingerprint density at radius 2 is 2.06 bits per heavy atom. The Labute approximate surface area is 192 Å². The van der Waals surface area contributed by atoms with Gasteiger partial charge in [-0.25, -0.2) is 4.98 Å². The Hall–Kier alpha value is -3.79. The van der Waals surface area contributed by atoms with Crippen LogP contribution in [-0.4, -0.2) is 57.9 Å². The molecule has 2 aromatic heterocycles. The first-order valence-electron chi connectivity index (χ1n) is 11.0. The van der Waals surface area contributed by atoms with E-state index in [1.165, 1.54) is 12.4 Å². The van der Waals surface area contributed by atoms with Crippen molar-refractivity contribution in [2.24, 2.45) is 0 Å². The van der Waals surface area contributed by atoms with E-state index in [1.807, 2.05) is 31.2 Å². The van der Waals surface area contributed by atoms with Crippen LogP contribution >= 0.6 is 0 Å². The molecule has 3 aromatic rings. The molecule has 0 bridgehead atoms. The van der Waals surface area contributed by atoms with Crippen LogP contribution in [0, 0.1) is 0 Å². The first-order valence-corrected chi connectivity index (χ1v) is 11.0. The molecule has 10 nitrogen and oxygen atoms in total.